The fourth-order valence-corrected chi connectivity index (χ4v) is 3.11. The molecule has 1 unspecified atom stereocenters. The molecule has 2 aromatic carbocycles. The van der Waals surface area contributed by atoms with Crippen molar-refractivity contribution in [2.45, 2.75) is 19.6 Å². The normalized spacial score (nSPS) is 15.2. The van der Waals surface area contributed by atoms with Gasteiger partial charge >= 0.3 is 0 Å². The SMILES string of the molecule is CN=C(NCc1ccc(N2CCOCC2)cc1)NCC(C)Oc1cccc(F)c1.I. The van der Waals surface area contributed by atoms with Gasteiger partial charge in [0.1, 0.15) is 17.7 Å². The van der Waals surface area contributed by atoms with Crippen LogP contribution in [-0.2, 0) is 11.3 Å². The number of halogens is 2. The monoisotopic (exact) mass is 528 g/mol. The van der Waals surface area contributed by atoms with Crippen molar-refractivity contribution in [3.05, 3.63) is 59.9 Å². The molecule has 3 rings (SSSR count). The number of anilines is 1. The van der Waals surface area contributed by atoms with Crippen molar-refractivity contribution in [2.75, 3.05) is 44.8 Å². The summed E-state index contributed by atoms with van der Waals surface area (Å²) in [6, 6.07) is 14.7. The van der Waals surface area contributed by atoms with Gasteiger partial charge in [-0.25, -0.2) is 4.39 Å². The summed E-state index contributed by atoms with van der Waals surface area (Å²) in [6.45, 7) is 6.58. The first-order chi connectivity index (χ1) is 14.1. The highest BCUT2D eigenvalue weighted by molar-refractivity contribution is 14.0. The molecule has 1 atom stereocenters. The third-order valence-electron chi connectivity index (χ3n) is 4.69. The van der Waals surface area contributed by atoms with Crippen molar-refractivity contribution < 1.29 is 13.9 Å². The molecule has 1 aliphatic heterocycles. The highest BCUT2D eigenvalue weighted by atomic mass is 127. The van der Waals surface area contributed by atoms with Crippen molar-refractivity contribution >= 4 is 35.6 Å². The molecule has 164 valence electrons. The van der Waals surface area contributed by atoms with E-state index in [2.05, 4.69) is 44.8 Å². The predicted molar refractivity (Wildman–Crippen MR) is 130 cm³/mol. The number of rotatable bonds is 7. The minimum atomic E-state index is -0.306. The molecule has 0 aliphatic carbocycles. The summed E-state index contributed by atoms with van der Waals surface area (Å²) in [5, 5.41) is 6.54. The van der Waals surface area contributed by atoms with Crippen LogP contribution < -0.4 is 20.3 Å². The maximum Gasteiger partial charge on any atom is 0.191 e. The largest absolute Gasteiger partial charge is 0.489 e. The van der Waals surface area contributed by atoms with Gasteiger partial charge in [-0.1, -0.05) is 18.2 Å². The van der Waals surface area contributed by atoms with E-state index in [1.54, 1.807) is 19.2 Å². The second kappa shape index (κ2) is 12.6. The average molecular weight is 528 g/mol. The van der Waals surface area contributed by atoms with Crippen LogP contribution in [0.3, 0.4) is 0 Å². The quantitative estimate of drug-likeness (QED) is 0.328. The first-order valence-corrected chi connectivity index (χ1v) is 9.92. The molecule has 0 bridgehead atoms. The summed E-state index contributed by atoms with van der Waals surface area (Å²) in [7, 11) is 1.73. The zero-order valence-electron chi connectivity index (χ0n) is 17.4. The van der Waals surface area contributed by atoms with Crippen LogP contribution in [0.1, 0.15) is 12.5 Å². The van der Waals surface area contributed by atoms with Crippen LogP contribution in [0, 0.1) is 5.82 Å². The highest BCUT2D eigenvalue weighted by Crippen LogP contribution is 2.16. The molecular weight excluding hydrogens is 498 g/mol. The predicted octanol–water partition coefficient (Wildman–Crippen LogP) is 3.41. The van der Waals surface area contributed by atoms with E-state index < -0.39 is 0 Å². The van der Waals surface area contributed by atoms with Gasteiger partial charge in [0.2, 0.25) is 0 Å². The van der Waals surface area contributed by atoms with E-state index in [0.717, 1.165) is 26.3 Å². The van der Waals surface area contributed by atoms with Gasteiger partial charge in [0.05, 0.1) is 19.8 Å². The zero-order valence-corrected chi connectivity index (χ0v) is 19.8. The summed E-state index contributed by atoms with van der Waals surface area (Å²) in [5.41, 5.74) is 2.40. The highest BCUT2D eigenvalue weighted by Gasteiger charge is 2.11. The molecule has 2 N–H and O–H groups in total. The van der Waals surface area contributed by atoms with E-state index in [1.807, 2.05) is 6.92 Å². The third-order valence-corrected chi connectivity index (χ3v) is 4.69. The Morgan fingerprint density at radius 2 is 1.90 bits per heavy atom. The van der Waals surface area contributed by atoms with Crippen molar-refractivity contribution in [2.24, 2.45) is 4.99 Å². The fraction of sp³-hybridized carbons (Fsp3) is 0.409. The van der Waals surface area contributed by atoms with Crippen LogP contribution in [0.2, 0.25) is 0 Å². The first kappa shape index (κ1) is 24.2. The Kier molecular flexibility index (Phi) is 10.2. The van der Waals surface area contributed by atoms with Crippen molar-refractivity contribution in [3.8, 4) is 5.75 Å². The van der Waals surface area contributed by atoms with Crippen LogP contribution in [0.15, 0.2) is 53.5 Å². The third kappa shape index (κ3) is 7.64. The number of ether oxygens (including phenoxy) is 2. The van der Waals surface area contributed by atoms with Crippen LogP contribution in [0.25, 0.3) is 0 Å². The molecule has 0 saturated carbocycles. The number of benzene rings is 2. The minimum absolute atomic E-state index is 0. The van der Waals surface area contributed by atoms with Gasteiger partial charge < -0.3 is 25.0 Å². The lowest BCUT2D eigenvalue weighted by atomic mass is 10.2. The summed E-state index contributed by atoms with van der Waals surface area (Å²) >= 11 is 0. The van der Waals surface area contributed by atoms with E-state index in [4.69, 9.17) is 9.47 Å². The molecule has 1 aliphatic rings. The van der Waals surface area contributed by atoms with Crippen LogP contribution >= 0.6 is 24.0 Å². The zero-order chi connectivity index (χ0) is 20.5. The Hall–Kier alpha value is -2.07. The number of guanidine groups is 1. The van der Waals surface area contributed by atoms with Gasteiger partial charge in [-0.15, -0.1) is 24.0 Å². The van der Waals surface area contributed by atoms with E-state index in [9.17, 15) is 4.39 Å². The molecule has 0 radical (unpaired) electrons. The molecule has 0 spiro atoms. The molecule has 30 heavy (non-hydrogen) atoms. The smallest absolute Gasteiger partial charge is 0.191 e. The average Bonchev–Trinajstić information content (AvgIpc) is 2.75. The lowest BCUT2D eigenvalue weighted by molar-refractivity contribution is 0.122. The maximum absolute atomic E-state index is 13.2. The van der Waals surface area contributed by atoms with Crippen LogP contribution in [-0.4, -0.2) is 52.0 Å². The number of hydrogen-bond acceptors (Lipinski definition) is 4. The lowest BCUT2D eigenvalue weighted by Gasteiger charge is -2.29. The van der Waals surface area contributed by atoms with E-state index in [-0.39, 0.29) is 35.9 Å². The van der Waals surface area contributed by atoms with E-state index >= 15 is 0 Å². The lowest BCUT2D eigenvalue weighted by Crippen LogP contribution is -2.41. The van der Waals surface area contributed by atoms with Gasteiger partial charge in [0.15, 0.2) is 5.96 Å². The number of nitrogens with zero attached hydrogens (tertiary/aromatic N) is 2. The molecule has 8 heteroatoms. The molecule has 1 heterocycles. The first-order valence-electron chi connectivity index (χ1n) is 9.92. The van der Waals surface area contributed by atoms with Gasteiger partial charge in [0.25, 0.3) is 0 Å². The maximum atomic E-state index is 13.2. The van der Waals surface area contributed by atoms with Crippen LogP contribution in [0.5, 0.6) is 5.75 Å². The van der Waals surface area contributed by atoms with Gasteiger partial charge in [-0.2, -0.15) is 0 Å². The van der Waals surface area contributed by atoms with Crippen LogP contribution in [0.4, 0.5) is 10.1 Å². The standard InChI is InChI=1S/C22H29FN4O2.HI/c1-17(29-21-5-3-4-19(23)14-21)15-25-22(24-2)26-16-18-6-8-20(9-7-18)27-10-12-28-13-11-27;/h3-9,14,17H,10-13,15-16H2,1-2H3,(H2,24,25,26);1H. The summed E-state index contributed by atoms with van der Waals surface area (Å²) in [4.78, 5) is 6.58. The summed E-state index contributed by atoms with van der Waals surface area (Å²) < 4.78 is 24.4. The molecular formula is C22H30FIN4O2. The Morgan fingerprint density at radius 3 is 2.57 bits per heavy atom. The molecule has 0 aromatic heterocycles. The number of morpholine rings is 1. The van der Waals surface area contributed by atoms with Crippen molar-refractivity contribution in [1.82, 2.24) is 10.6 Å². The molecule has 6 nitrogen and oxygen atoms in total. The van der Waals surface area contributed by atoms with E-state index in [0.29, 0.717) is 24.8 Å². The second-order valence-electron chi connectivity index (χ2n) is 6.96. The van der Waals surface area contributed by atoms with Gasteiger partial charge in [-0.3, -0.25) is 4.99 Å². The Balaban J connectivity index is 0.00000320. The molecule has 1 fully saturated rings. The molecule has 1 saturated heterocycles. The van der Waals surface area contributed by atoms with E-state index in [1.165, 1.54) is 23.4 Å². The van der Waals surface area contributed by atoms with Gasteiger partial charge in [0, 0.05) is 38.4 Å². The Morgan fingerprint density at radius 1 is 1.17 bits per heavy atom. The molecule has 2 aromatic rings. The second-order valence-corrected chi connectivity index (χ2v) is 6.96. The number of aliphatic imine (C=N–C) groups is 1. The number of hydrogen-bond donors (Lipinski definition) is 2. The summed E-state index contributed by atoms with van der Waals surface area (Å²) in [6.07, 6.45) is -0.136. The Bertz CT molecular complexity index is 798. The molecule has 0 amide bonds. The fourth-order valence-electron chi connectivity index (χ4n) is 3.11. The van der Waals surface area contributed by atoms with Crippen molar-refractivity contribution in [1.29, 1.82) is 0 Å². The number of nitrogens with one attached hydrogen (secondary N) is 2. The minimum Gasteiger partial charge on any atom is -0.489 e. The Labute approximate surface area is 194 Å². The topological polar surface area (TPSA) is 58.1 Å². The van der Waals surface area contributed by atoms with Gasteiger partial charge in [-0.05, 0) is 36.8 Å². The summed E-state index contributed by atoms with van der Waals surface area (Å²) in [5.74, 6) is 0.902. The van der Waals surface area contributed by atoms with Crippen molar-refractivity contribution in [3.63, 3.8) is 0 Å².